The molecule has 12 nitrogen and oxygen atoms in total. The molecule has 16 heteroatoms. The number of hydrogen-bond donors (Lipinski definition) is 3. The fourth-order valence-corrected chi connectivity index (χ4v) is 9.36. The Hall–Kier alpha value is -3.17. The topological polar surface area (TPSA) is 167 Å². The van der Waals surface area contributed by atoms with E-state index >= 15 is 0 Å². The van der Waals surface area contributed by atoms with Crippen LogP contribution in [-0.2, 0) is 39.8 Å². The Bertz CT molecular complexity index is 1650. The number of amides is 2. The normalized spacial score (nSPS) is 17.7. The van der Waals surface area contributed by atoms with E-state index in [2.05, 4.69) is 24.5 Å². The fourth-order valence-electron chi connectivity index (χ4n) is 7.22. The number of alkyl carbamates (subject to hydrolysis) is 1. The number of carbonyl (C=O) groups is 5. The standard InChI is InChI=1S/C43H60Cl2N2O10S2/c1-5-6-21-43(3,53)22-20-29(2)39-31(15-9-7-8-10-19-38(50)54-4)35(48)28-36(39)57-42(52)56-24-26-59-58-25-23-55-41(51)47-37(49)27-30-14-11-12-18-34(30)46-40-32(44)16-13-17-33(40)45/h11-14,16-18,29,31,36,39,46,53H,5-10,15,19-28H2,1-4H3,(H,47,49,51)/t29?,31-,36+,39+,43?/m0/s1. The van der Waals surface area contributed by atoms with E-state index in [0.29, 0.717) is 70.6 Å². The van der Waals surface area contributed by atoms with Gasteiger partial charge < -0.3 is 29.4 Å². The molecule has 59 heavy (non-hydrogen) atoms. The Morgan fingerprint density at radius 2 is 1.61 bits per heavy atom. The number of carbonyl (C=O) groups excluding carboxylic acids is 5. The number of para-hydroxylation sites is 2. The highest BCUT2D eigenvalue weighted by atomic mass is 35.5. The summed E-state index contributed by atoms with van der Waals surface area (Å²) in [5, 5.41) is 17.2. The first-order chi connectivity index (χ1) is 28.2. The van der Waals surface area contributed by atoms with Crippen molar-refractivity contribution < 1.29 is 48.0 Å². The molecule has 0 heterocycles. The smallest absolute Gasteiger partial charge is 0.469 e. The first-order valence-electron chi connectivity index (χ1n) is 20.4. The summed E-state index contributed by atoms with van der Waals surface area (Å²) in [6.45, 7) is 6.17. The molecule has 0 radical (unpaired) electrons. The van der Waals surface area contributed by atoms with Crippen LogP contribution >= 0.6 is 44.8 Å². The molecule has 5 atom stereocenters. The second kappa shape index (κ2) is 26.9. The van der Waals surface area contributed by atoms with Crippen LogP contribution in [0.15, 0.2) is 42.5 Å². The molecule has 2 aromatic carbocycles. The molecule has 1 fully saturated rings. The van der Waals surface area contributed by atoms with Gasteiger partial charge in [0.15, 0.2) is 0 Å². The molecule has 0 bridgehead atoms. The number of hydrogen-bond acceptors (Lipinski definition) is 13. The molecule has 1 aliphatic carbocycles. The van der Waals surface area contributed by atoms with E-state index in [9.17, 15) is 29.1 Å². The summed E-state index contributed by atoms with van der Waals surface area (Å²) in [7, 11) is 4.22. The maximum atomic E-state index is 13.3. The molecule has 2 amide bonds. The van der Waals surface area contributed by atoms with E-state index in [1.807, 2.05) is 6.92 Å². The highest BCUT2D eigenvalue weighted by Crippen LogP contribution is 2.42. The number of aliphatic hydroxyl groups is 1. The van der Waals surface area contributed by atoms with Gasteiger partial charge in [0, 0.05) is 41.9 Å². The lowest BCUT2D eigenvalue weighted by molar-refractivity contribution is -0.140. The quantitative estimate of drug-likeness (QED) is 0.0354. The van der Waals surface area contributed by atoms with Crippen molar-refractivity contribution in [2.45, 2.75) is 116 Å². The number of unbranched alkanes of at least 4 members (excludes halogenated alkanes) is 4. The van der Waals surface area contributed by atoms with Crippen molar-refractivity contribution in [1.82, 2.24) is 5.32 Å². The molecular weight excluding hydrogens is 840 g/mol. The second-order valence-corrected chi connectivity index (χ2v) is 18.7. The van der Waals surface area contributed by atoms with Gasteiger partial charge >= 0.3 is 18.2 Å². The third kappa shape index (κ3) is 18.5. The van der Waals surface area contributed by atoms with Gasteiger partial charge in [0.25, 0.3) is 0 Å². The molecule has 1 saturated carbocycles. The van der Waals surface area contributed by atoms with Crippen molar-refractivity contribution in [2.24, 2.45) is 17.8 Å². The minimum absolute atomic E-state index is 0.0325. The monoisotopic (exact) mass is 898 g/mol. The van der Waals surface area contributed by atoms with Crippen LogP contribution in [0, 0.1) is 17.8 Å². The number of benzene rings is 2. The van der Waals surface area contributed by atoms with E-state index < -0.39 is 29.9 Å². The van der Waals surface area contributed by atoms with Crippen molar-refractivity contribution in [3.8, 4) is 0 Å². The van der Waals surface area contributed by atoms with Gasteiger partial charge in [0.05, 0.1) is 34.9 Å². The summed E-state index contributed by atoms with van der Waals surface area (Å²) in [4.78, 5) is 62.4. The van der Waals surface area contributed by atoms with Gasteiger partial charge in [0.2, 0.25) is 5.91 Å². The average Bonchev–Trinajstić information content (AvgIpc) is 3.50. The molecule has 3 N–H and O–H groups in total. The van der Waals surface area contributed by atoms with Crippen LogP contribution in [0.4, 0.5) is 21.0 Å². The highest BCUT2D eigenvalue weighted by Gasteiger charge is 2.47. The zero-order valence-corrected chi connectivity index (χ0v) is 37.7. The van der Waals surface area contributed by atoms with Gasteiger partial charge in [-0.2, -0.15) is 0 Å². The lowest BCUT2D eigenvalue weighted by Gasteiger charge is -2.32. The zero-order valence-electron chi connectivity index (χ0n) is 34.6. The summed E-state index contributed by atoms with van der Waals surface area (Å²) in [5.41, 5.74) is 0.951. The van der Waals surface area contributed by atoms with Crippen LogP contribution in [0.5, 0.6) is 0 Å². The van der Waals surface area contributed by atoms with Crippen LogP contribution < -0.4 is 10.6 Å². The highest BCUT2D eigenvalue weighted by molar-refractivity contribution is 8.76. The van der Waals surface area contributed by atoms with Gasteiger partial charge in [-0.3, -0.25) is 19.7 Å². The minimum Gasteiger partial charge on any atom is -0.469 e. The Morgan fingerprint density at radius 1 is 0.932 bits per heavy atom. The van der Waals surface area contributed by atoms with Crippen molar-refractivity contribution in [3.63, 3.8) is 0 Å². The first kappa shape index (κ1) is 50.2. The van der Waals surface area contributed by atoms with E-state index in [0.717, 1.165) is 38.5 Å². The molecule has 1 aliphatic rings. The molecule has 0 spiro atoms. The molecule has 0 aliphatic heterocycles. The largest absolute Gasteiger partial charge is 0.508 e. The molecule has 2 aromatic rings. The number of nitrogens with one attached hydrogen (secondary N) is 2. The van der Waals surface area contributed by atoms with Crippen molar-refractivity contribution in [3.05, 3.63) is 58.1 Å². The van der Waals surface area contributed by atoms with Crippen LogP contribution in [-0.4, -0.2) is 78.5 Å². The van der Waals surface area contributed by atoms with Crippen LogP contribution in [0.1, 0.15) is 103 Å². The number of halogens is 2. The summed E-state index contributed by atoms with van der Waals surface area (Å²) in [6.07, 6.45) is 6.04. The third-order valence-corrected chi connectivity index (χ3v) is 13.4. The lowest BCUT2D eigenvalue weighted by Crippen LogP contribution is -2.33. The van der Waals surface area contributed by atoms with Gasteiger partial charge in [-0.05, 0) is 68.7 Å². The third-order valence-electron chi connectivity index (χ3n) is 10.4. The zero-order chi connectivity index (χ0) is 43.2. The average molecular weight is 900 g/mol. The molecule has 0 aromatic heterocycles. The van der Waals surface area contributed by atoms with Gasteiger partial charge in [-0.25, -0.2) is 9.59 Å². The predicted molar refractivity (Wildman–Crippen MR) is 235 cm³/mol. The van der Waals surface area contributed by atoms with Crippen molar-refractivity contribution >= 4 is 86.1 Å². The fraction of sp³-hybridized carbons (Fsp3) is 0.605. The van der Waals surface area contributed by atoms with Crippen LogP contribution in [0.3, 0.4) is 0 Å². The summed E-state index contributed by atoms with van der Waals surface area (Å²) < 4.78 is 21.0. The van der Waals surface area contributed by atoms with Crippen LogP contribution in [0.2, 0.25) is 10.0 Å². The van der Waals surface area contributed by atoms with Crippen molar-refractivity contribution in [2.75, 3.05) is 37.1 Å². The number of esters is 1. The SMILES string of the molecule is CCCCC(C)(O)CCC(C)[C@H]1[C@H](OC(=O)OCCSSCCOC(=O)NC(=O)Cc2ccccc2Nc2c(Cl)cccc2Cl)CC(=O)[C@@H]1CCCCCCC(=O)OC. The van der Waals surface area contributed by atoms with E-state index in [-0.39, 0.29) is 55.6 Å². The van der Waals surface area contributed by atoms with Crippen molar-refractivity contribution in [1.29, 1.82) is 0 Å². The number of imide groups is 1. The number of ketones is 1. The minimum atomic E-state index is -0.857. The van der Waals surface area contributed by atoms with Gasteiger partial charge in [-0.1, -0.05) is 115 Å². The number of ether oxygens (including phenoxy) is 4. The maximum Gasteiger partial charge on any atom is 0.508 e. The predicted octanol–water partition coefficient (Wildman–Crippen LogP) is 10.5. The Labute approximate surface area is 366 Å². The Kier molecular flexibility index (Phi) is 22.9. The summed E-state index contributed by atoms with van der Waals surface area (Å²) >= 11 is 12.6. The first-order valence-corrected chi connectivity index (χ1v) is 23.6. The Morgan fingerprint density at radius 3 is 2.31 bits per heavy atom. The number of rotatable bonds is 26. The molecule has 3 rings (SSSR count). The van der Waals surface area contributed by atoms with E-state index in [4.69, 9.17) is 42.1 Å². The van der Waals surface area contributed by atoms with Crippen LogP contribution in [0.25, 0.3) is 0 Å². The molecule has 2 unspecified atom stereocenters. The van der Waals surface area contributed by atoms with Gasteiger partial charge in [0.1, 0.15) is 25.1 Å². The number of anilines is 2. The summed E-state index contributed by atoms with van der Waals surface area (Å²) in [6, 6.07) is 12.2. The summed E-state index contributed by atoms with van der Waals surface area (Å²) in [5.74, 6) is -0.206. The second-order valence-electron chi connectivity index (χ2n) is 15.1. The number of Topliss-reactive ketones (excluding diaryl/α,β-unsaturated/α-hetero) is 1. The number of methoxy groups -OCH3 is 1. The maximum absolute atomic E-state index is 13.3. The van der Waals surface area contributed by atoms with E-state index in [1.54, 1.807) is 42.5 Å². The molecule has 0 saturated heterocycles. The molecular formula is C43H60Cl2N2O10S2. The lowest BCUT2D eigenvalue weighted by atomic mass is 9.77. The van der Waals surface area contributed by atoms with E-state index in [1.165, 1.54) is 28.7 Å². The molecule has 328 valence electrons. The Balaban J connectivity index is 1.37. The van der Waals surface area contributed by atoms with Gasteiger partial charge in [-0.15, -0.1) is 0 Å².